The minimum absolute atomic E-state index is 0.0566. The Bertz CT molecular complexity index is 3210. The van der Waals surface area contributed by atoms with Gasteiger partial charge in [-0.3, -0.25) is 43.4 Å². The second kappa shape index (κ2) is 50.9. The van der Waals surface area contributed by atoms with Gasteiger partial charge in [0.2, 0.25) is 52.7 Å². The highest BCUT2D eigenvalue weighted by Crippen LogP contribution is 2.30. The number of carbonyl (C=O) groups is 13. The Labute approximate surface area is 633 Å². The summed E-state index contributed by atoms with van der Waals surface area (Å²) >= 11 is 0. The molecule has 0 aliphatic carbocycles. The van der Waals surface area contributed by atoms with Crippen molar-refractivity contribution in [3.63, 3.8) is 0 Å². The molecule has 0 unspecified atom stereocenters. The number of carboxylic acid groups (broad SMARTS) is 4. The first-order chi connectivity index (χ1) is 52.3. The molecular weight excluding hydrogens is 1460 g/mol. The van der Waals surface area contributed by atoms with Gasteiger partial charge in [0.1, 0.15) is 18.3 Å². The SMILES string of the molecule is CC(=O)N[C@H]1[C@H]([C@@H](CCO)OC(=O)NCCCCCCNC(=O)CN(CCN(CC(=O)NCCCCCCNC(=O)O[C@H](CCO)[C@@H]2OC(C(=O)O)=C[C@H](N=C(N)N)[C@H]2NC(C)=O)CC(=O)NCCCCCCNC(=O)O[C@H](CCO)[C@@H]2OC(C(=O)O)=CC[C@H]2N([O-])C(C)=O)CC(=O)O)OC(C(=O)O)=C[C@@H]1N=C(N)N. The zero-order valence-electron chi connectivity index (χ0n) is 61.8. The first-order valence-electron chi connectivity index (χ1n) is 35.9. The van der Waals surface area contributed by atoms with E-state index in [2.05, 4.69) is 52.5 Å². The summed E-state index contributed by atoms with van der Waals surface area (Å²) in [4.78, 5) is 174. The number of hydrogen-bond acceptors (Lipinski definition) is 27. The fraction of sp³-hybridized carbons (Fsp3) is 0.682. The number of aliphatic hydroxyl groups excluding tert-OH is 3. The van der Waals surface area contributed by atoms with Crippen LogP contribution in [0.25, 0.3) is 0 Å². The normalized spacial score (nSPS) is 19.3. The van der Waals surface area contributed by atoms with Crippen LogP contribution in [0.4, 0.5) is 14.4 Å². The fourth-order valence-electron chi connectivity index (χ4n) is 11.8. The Kier molecular flexibility index (Phi) is 43.4. The number of nitrogens with zero attached hydrogens (tertiary/aromatic N) is 5. The van der Waals surface area contributed by atoms with Gasteiger partial charge in [-0.05, 0) is 63.2 Å². The highest BCUT2D eigenvalue weighted by molar-refractivity contribution is 5.87. The van der Waals surface area contributed by atoms with E-state index in [0.29, 0.717) is 77.0 Å². The summed E-state index contributed by atoms with van der Waals surface area (Å²) in [5.74, 6) is -11.8. The van der Waals surface area contributed by atoms with Crippen molar-refractivity contribution in [1.29, 1.82) is 0 Å². The smallest absolute Gasteiger partial charge is 0.407 e. The van der Waals surface area contributed by atoms with Gasteiger partial charge in [-0.1, -0.05) is 38.5 Å². The number of aliphatic imine (C=N–C) groups is 2. The maximum atomic E-state index is 13.5. The molecule has 23 N–H and O–H groups in total. The Morgan fingerprint density at radius 1 is 0.473 bits per heavy atom. The van der Waals surface area contributed by atoms with Crippen molar-refractivity contribution in [3.8, 4) is 0 Å². The number of hydroxylamine groups is 2. The quantitative estimate of drug-likeness (QED) is 0.00899. The molecule has 0 spiro atoms. The van der Waals surface area contributed by atoms with Crippen molar-refractivity contribution >= 4 is 89.5 Å². The highest BCUT2D eigenvalue weighted by Gasteiger charge is 2.46. The van der Waals surface area contributed by atoms with E-state index in [-0.39, 0.29) is 103 Å². The van der Waals surface area contributed by atoms with Gasteiger partial charge in [-0.15, -0.1) is 0 Å². The zero-order chi connectivity index (χ0) is 81.8. The number of rotatable bonds is 52. The first kappa shape index (κ1) is 93.6. The monoisotopic (exact) mass is 1570 g/mol. The molecule has 0 radical (unpaired) electrons. The number of nitrogens with two attached hydrogens (primary N) is 4. The standard InChI is InChI=1S/C66H108N17O27/c1-38(87)77-54-41(79-62(67)68)32-48(60(97)98)106-57(54)45(19-30-85)109-65(102)75-25-14-8-5-11-22-72-51(91)35-81(34-50(90)71-21-10-4-7-13-24-74-64(101)108-44(18-29-84)56-43(83(104)40(3)89)16-17-47(105-56)59(95)96)27-28-82(37-53(93)94)36-52(92)73-23-12-6-9-15-26-76-66(103)110-46(20-31-86)58-55(78-39(2)88)42(80-63(69)70)33-49(107-58)61(99)100/h17,32-33,41-46,54-58,84-86H,4-16,18-31,34-37H2,1-3H3,(H,71,90)(H,72,91)(H,73,92)(H,74,101)(H,75,102)(H,76,103)(H,77,87)(H,78,88)(H,93,94)(H,95,96)(H,97,98)(H,99,100)(H4,67,68,79)(H4,69,70,80)/q-1/t41-,42-,43+,44+,45+,46+,54+,55+,56+,57-,58-/m0/s1. The van der Waals surface area contributed by atoms with E-state index in [4.69, 9.17) is 51.4 Å². The fourth-order valence-corrected chi connectivity index (χ4v) is 11.8. The number of hydrogen-bond donors (Lipinski definition) is 19. The molecule has 0 bridgehead atoms. The maximum Gasteiger partial charge on any atom is 0.407 e. The first-order valence-corrected chi connectivity index (χ1v) is 35.9. The molecule has 0 fully saturated rings. The van der Waals surface area contributed by atoms with Crippen LogP contribution in [0.5, 0.6) is 0 Å². The van der Waals surface area contributed by atoms with Crippen LogP contribution in [0.15, 0.2) is 45.5 Å². The average Bonchev–Trinajstić information content (AvgIpc) is 0.786. The van der Waals surface area contributed by atoms with Crippen LogP contribution >= 0.6 is 0 Å². The molecule has 9 amide bonds. The molecule has 11 atom stereocenters. The lowest BCUT2D eigenvalue weighted by Gasteiger charge is -2.44. The number of nitrogens with one attached hydrogen (secondary N) is 8. The molecule has 44 nitrogen and oxygen atoms in total. The lowest BCUT2D eigenvalue weighted by atomic mass is 9.93. The number of ether oxygens (including phenoxy) is 6. The number of alkyl carbamates (subject to hydrolysis) is 3. The van der Waals surface area contributed by atoms with Gasteiger partial charge in [0.15, 0.2) is 30.2 Å². The summed E-state index contributed by atoms with van der Waals surface area (Å²) in [6, 6.07) is -5.78. The van der Waals surface area contributed by atoms with Crippen LogP contribution in [0.1, 0.15) is 124 Å². The van der Waals surface area contributed by atoms with Crippen LogP contribution in [0.3, 0.4) is 0 Å². The van der Waals surface area contributed by atoms with Gasteiger partial charge in [-0.25, -0.2) is 38.8 Å². The number of amides is 9. The summed E-state index contributed by atoms with van der Waals surface area (Å²) in [6.07, 6.45) is -2.37. The maximum absolute atomic E-state index is 13.5. The molecule has 0 aromatic carbocycles. The van der Waals surface area contributed by atoms with Gasteiger partial charge in [0.05, 0.1) is 56.4 Å². The van der Waals surface area contributed by atoms with Crippen molar-refractivity contribution in [2.75, 3.05) is 98.4 Å². The average molecular weight is 1570 g/mol. The number of aliphatic carboxylic acids is 4. The van der Waals surface area contributed by atoms with Crippen molar-refractivity contribution in [2.45, 2.75) is 190 Å². The third-order valence-electron chi connectivity index (χ3n) is 16.8. The number of aliphatic hydroxyl groups is 3. The van der Waals surface area contributed by atoms with E-state index >= 15 is 0 Å². The van der Waals surface area contributed by atoms with Crippen molar-refractivity contribution < 1.29 is 126 Å². The second-order valence-electron chi connectivity index (χ2n) is 25.7. The van der Waals surface area contributed by atoms with E-state index in [9.17, 15) is 103 Å². The minimum atomic E-state index is -1.50. The molecule has 3 rings (SSSR count). The lowest BCUT2D eigenvalue weighted by molar-refractivity contribution is -0.145. The van der Waals surface area contributed by atoms with Gasteiger partial charge >= 0.3 is 42.2 Å². The highest BCUT2D eigenvalue weighted by atomic mass is 16.6. The van der Waals surface area contributed by atoms with Crippen molar-refractivity contribution in [2.24, 2.45) is 32.9 Å². The number of carbonyl (C=O) groups excluding carboxylic acids is 9. The Morgan fingerprint density at radius 2 is 0.782 bits per heavy atom. The molecule has 3 aliphatic heterocycles. The third-order valence-corrected chi connectivity index (χ3v) is 16.8. The van der Waals surface area contributed by atoms with E-state index < -0.39 is 200 Å². The number of carboxylic acids is 4. The van der Waals surface area contributed by atoms with Crippen LogP contribution in [0.2, 0.25) is 0 Å². The van der Waals surface area contributed by atoms with E-state index in [1.807, 2.05) is 0 Å². The Morgan fingerprint density at radius 3 is 1.07 bits per heavy atom. The topological polar surface area (TPSA) is 677 Å². The largest absolute Gasteiger partial charge is 0.756 e. The van der Waals surface area contributed by atoms with Crippen molar-refractivity contribution in [1.82, 2.24) is 57.4 Å². The predicted octanol–water partition coefficient (Wildman–Crippen LogP) is -4.36. The molecule has 3 heterocycles. The molecule has 0 saturated carbocycles. The molecule has 3 aliphatic rings. The molecule has 620 valence electrons. The van der Waals surface area contributed by atoms with Gasteiger partial charge in [0, 0.05) is 112 Å². The number of unbranched alkanes of at least 4 members (excludes halogenated alkanes) is 9. The molecule has 0 saturated heterocycles. The van der Waals surface area contributed by atoms with Crippen molar-refractivity contribution in [3.05, 3.63) is 40.7 Å². The minimum Gasteiger partial charge on any atom is -0.756 e. The predicted molar refractivity (Wildman–Crippen MR) is 385 cm³/mol. The van der Waals surface area contributed by atoms with Crippen LogP contribution < -0.4 is 65.5 Å². The van der Waals surface area contributed by atoms with Gasteiger partial charge in [-0.2, -0.15) is 0 Å². The zero-order valence-corrected chi connectivity index (χ0v) is 61.8. The molecule has 44 heteroatoms. The second-order valence-corrected chi connectivity index (χ2v) is 25.7. The third kappa shape index (κ3) is 36.6. The van der Waals surface area contributed by atoms with Crippen LogP contribution in [-0.4, -0.2) is 305 Å². The summed E-state index contributed by atoms with van der Waals surface area (Å²) in [7, 11) is 0. The summed E-state index contributed by atoms with van der Waals surface area (Å²) in [6.45, 7) is 0.950. The number of guanidine groups is 2. The van der Waals surface area contributed by atoms with Crippen LogP contribution in [0, 0.1) is 5.21 Å². The molecule has 110 heavy (non-hydrogen) atoms. The summed E-state index contributed by atoms with van der Waals surface area (Å²) in [5, 5.41) is 102. The van der Waals surface area contributed by atoms with Gasteiger partial charge < -0.3 is 140 Å². The summed E-state index contributed by atoms with van der Waals surface area (Å²) in [5.41, 5.74) is 22.3. The molecular formula is C66H108N17O27-. The Hall–Kier alpha value is -10.6. The van der Waals surface area contributed by atoms with Crippen LogP contribution in [-0.2, 0) is 76.4 Å². The lowest BCUT2D eigenvalue weighted by Crippen LogP contribution is -2.58. The molecule has 0 aromatic rings. The molecule has 0 aromatic heterocycles. The van der Waals surface area contributed by atoms with E-state index in [1.165, 1.54) is 23.6 Å². The Balaban J connectivity index is 1.56. The van der Waals surface area contributed by atoms with E-state index in [0.717, 1.165) is 25.2 Å². The summed E-state index contributed by atoms with van der Waals surface area (Å²) < 4.78 is 33.3. The van der Waals surface area contributed by atoms with E-state index in [1.54, 1.807) is 0 Å². The van der Waals surface area contributed by atoms with Gasteiger partial charge in [0.25, 0.3) is 0 Å².